The number of aromatic hydroxyl groups is 1. The second kappa shape index (κ2) is 6.29. The Morgan fingerprint density at radius 3 is 2.48 bits per heavy atom. The smallest absolute Gasteiger partial charge is 0.197 e. The van der Waals surface area contributed by atoms with Crippen LogP contribution in [0.2, 0.25) is 10.0 Å². The van der Waals surface area contributed by atoms with E-state index < -0.39 is 11.6 Å². The van der Waals surface area contributed by atoms with E-state index in [-0.39, 0.29) is 26.9 Å². The van der Waals surface area contributed by atoms with Gasteiger partial charge >= 0.3 is 0 Å². The summed E-state index contributed by atoms with van der Waals surface area (Å²) in [5.74, 6) is -1.45. The fourth-order valence-electron chi connectivity index (χ4n) is 1.90. The Labute approximate surface area is 131 Å². The molecule has 21 heavy (non-hydrogen) atoms. The third-order valence-corrected chi connectivity index (χ3v) is 3.78. The number of carbonyl (C=O) groups excluding carboxylic acids is 1. The minimum absolute atomic E-state index is 0.0395. The van der Waals surface area contributed by atoms with E-state index in [1.807, 2.05) is 0 Å². The van der Waals surface area contributed by atoms with Gasteiger partial charge in [-0.25, -0.2) is 4.39 Å². The molecule has 0 aliphatic heterocycles. The van der Waals surface area contributed by atoms with Crippen molar-refractivity contribution in [3.05, 3.63) is 69.0 Å². The molecule has 2 aromatic rings. The molecule has 2 aromatic carbocycles. The highest BCUT2D eigenvalue weighted by Gasteiger charge is 2.21. The van der Waals surface area contributed by atoms with Crippen LogP contribution in [0.1, 0.15) is 28.4 Å². The van der Waals surface area contributed by atoms with Crippen LogP contribution in [-0.4, -0.2) is 10.9 Å². The lowest BCUT2D eigenvalue weighted by molar-refractivity contribution is 0.103. The van der Waals surface area contributed by atoms with Crippen LogP contribution in [-0.2, 0) is 0 Å². The molecule has 0 spiro atoms. The molecule has 0 radical (unpaired) electrons. The summed E-state index contributed by atoms with van der Waals surface area (Å²) in [4.78, 5) is 12.4. The number of hydrogen-bond donors (Lipinski definition) is 1. The largest absolute Gasteiger partial charge is 0.506 e. The number of benzene rings is 2. The molecule has 0 aromatic heterocycles. The zero-order valence-electron chi connectivity index (χ0n) is 11.0. The Morgan fingerprint density at radius 2 is 1.86 bits per heavy atom. The van der Waals surface area contributed by atoms with Gasteiger partial charge in [0.1, 0.15) is 16.6 Å². The van der Waals surface area contributed by atoms with E-state index in [0.717, 1.165) is 0 Å². The van der Waals surface area contributed by atoms with Gasteiger partial charge in [0.2, 0.25) is 0 Å². The minimum atomic E-state index is -0.643. The molecule has 0 heterocycles. The molecule has 2 rings (SSSR count). The molecule has 0 unspecified atom stereocenters. The monoisotopic (exact) mass is 324 g/mol. The van der Waals surface area contributed by atoms with Crippen molar-refractivity contribution in [2.75, 3.05) is 0 Å². The molecule has 0 saturated heterocycles. The molecular formula is C16H11Cl2FO2. The van der Waals surface area contributed by atoms with Gasteiger partial charge in [0.15, 0.2) is 5.78 Å². The Bertz CT molecular complexity index is 739. The molecule has 0 atom stereocenters. The van der Waals surface area contributed by atoms with E-state index in [9.17, 15) is 14.3 Å². The molecule has 0 aliphatic carbocycles. The molecule has 2 nitrogen and oxygen atoms in total. The highest BCUT2D eigenvalue weighted by Crippen LogP contribution is 2.38. The lowest BCUT2D eigenvalue weighted by Gasteiger charge is -2.10. The lowest BCUT2D eigenvalue weighted by atomic mass is 10.00. The first-order chi connectivity index (χ1) is 9.97. The van der Waals surface area contributed by atoms with Crippen molar-refractivity contribution in [2.45, 2.75) is 6.92 Å². The topological polar surface area (TPSA) is 37.3 Å². The maximum atomic E-state index is 13.7. The number of carbonyl (C=O) groups is 1. The third-order valence-electron chi connectivity index (χ3n) is 2.92. The van der Waals surface area contributed by atoms with Crippen molar-refractivity contribution in [3.8, 4) is 5.75 Å². The van der Waals surface area contributed by atoms with Gasteiger partial charge in [0.05, 0.1) is 10.6 Å². The normalized spacial score (nSPS) is 11.0. The van der Waals surface area contributed by atoms with Gasteiger partial charge in [0, 0.05) is 11.1 Å². The van der Waals surface area contributed by atoms with E-state index in [1.165, 1.54) is 24.3 Å². The summed E-state index contributed by atoms with van der Waals surface area (Å²) in [6, 6.07) is 6.99. The van der Waals surface area contributed by atoms with Gasteiger partial charge in [-0.3, -0.25) is 4.79 Å². The van der Waals surface area contributed by atoms with Crippen LogP contribution in [0.4, 0.5) is 4.39 Å². The Hall–Kier alpha value is -1.84. The summed E-state index contributed by atoms with van der Waals surface area (Å²) in [5.41, 5.74) is 0.275. The van der Waals surface area contributed by atoms with E-state index in [4.69, 9.17) is 23.2 Å². The van der Waals surface area contributed by atoms with Crippen LogP contribution in [0.15, 0.2) is 36.4 Å². The van der Waals surface area contributed by atoms with Gasteiger partial charge in [-0.05, 0) is 25.1 Å². The Balaban J connectivity index is 2.64. The predicted octanol–water partition coefficient (Wildman–Crippen LogP) is 5.10. The third kappa shape index (κ3) is 2.94. The first-order valence-corrected chi connectivity index (χ1v) is 6.85. The molecule has 5 heteroatoms. The standard InChI is InChI=1S/C16H11Cl2FO2/c1-2-5-9-8-11(13(17)14(18)15(9)20)16(21)10-6-3-4-7-12(10)19/h2-8,20H,1H3. The van der Waals surface area contributed by atoms with Crippen molar-refractivity contribution >= 4 is 35.1 Å². The number of rotatable bonds is 3. The fourth-order valence-corrected chi connectivity index (χ4v) is 2.34. The van der Waals surface area contributed by atoms with Crippen molar-refractivity contribution in [1.82, 2.24) is 0 Å². The van der Waals surface area contributed by atoms with Gasteiger partial charge in [0.25, 0.3) is 0 Å². The number of hydrogen-bond acceptors (Lipinski definition) is 2. The van der Waals surface area contributed by atoms with E-state index in [2.05, 4.69) is 0 Å². The molecule has 0 saturated carbocycles. The van der Waals surface area contributed by atoms with Crippen molar-refractivity contribution in [1.29, 1.82) is 0 Å². The summed E-state index contributed by atoms with van der Waals surface area (Å²) < 4.78 is 13.7. The molecule has 0 fully saturated rings. The molecule has 0 bridgehead atoms. The number of halogens is 3. The minimum Gasteiger partial charge on any atom is -0.506 e. The Kier molecular flexibility index (Phi) is 4.66. The highest BCUT2D eigenvalue weighted by molar-refractivity contribution is 6.45. The Morgan fingerprint density at radius 1 is 1.19 bits per heavy atom. The van der Waals surface area contributed by atoms with Crippen LogP contribution < -0.4 is 0 Å². The molecule has 108 valence electrons. The summed E-state index contributed by atoms with van der Waals surface area (Å²) in [6.07, 6.45) is 3.26. The molecule has 1 N–H and O–H groups in total. The van der Waals surface area contributed by atoms with Crippen LogP contribution in [0.5, 0.6) is 5.75 Å². The molecule has 0 aliphatic rings. The second-order valence-corrected chi connectivity index (χ2v) is 5.05. The highest BCUT2D eigenvalue weighted by atomic mass is 35.5. The summed E-state index contributed by atoms with van der Waals surface area (Å²) in [6.45, 7) is 1.75. The quantitative estimate of drug-likeness (QED) is 0.797. The van der Waals surface area contributed by atoms with Crippen LogP contribution in [0.25, 0.3) is 6.08 Å². The fraction of sp³-hybridized carbons (Fsp3) is 0.0625. The van der Waals surface area contributed by atoms with E-state index >= 15 is 0 Å². The average molecular weight is 325 g/mol. The van der Waals surface area contributed by atoms with Gasteiger partial charge in [-0.1, -0.05) is 47.5 Å². The van der Waals surface area contributed by atoms with Crippen LogP contribution >= 0.6 is 23.2 Å². The van der Waals surface area contributed by atoms with Crippen molar-refractivity contribution in [3.63, 3.8) is 0 Å². The second-order valence-electron chi connectivity index (χ2n) is 4.30. The predicted molar refractivity (Wildman–Crippen MR) is 82.7 cm³/mol. The van der Waals surface area contributed by atoms with Crippen LogP contribution in [0.3, 0.4) is 0 Å². The number of phenols is 1. The number of ketones is 1. The molecular weight excluding hydrogens is 314 g/mol. The summed E-state index contributed by atoms with van der Waals surface area (Å²) in [5, 5.41) is 9.65. The number of phenolic OH excluding ortho intramolecular Hbond substituents is 1. The first-order valence-electron chi connectivity index (χ1n) is 6.10. The van der Waals surface area contributed by atoms with E-state index in [0.29, 0.717) is 5.56 Å². The van der Waals surface area contributed by atoms with Gasteiger partial charge in [-0.2, -0.15) is 0 Å². The number of allylic oxidation sites excluding steroid dienone is 1. The van der Waals surface area contributed by atoms with E-state index in [1.54, 1.807) is 25.1 Å². The maximum absolute atomic E-state index is 13.7. The lowest BCUT2D eigenvalue weighted by Crippen LogP contribution is -2.05. The maximum Gasteiger partial charge on any atom is 0.197 e. The summed E-state index contributed by atoms with van der Waals surface area (Å²) >= 11 is 11.9. The first kappa shape index (κ1) is 15.5. The SMILES string of the molecule is CC=Cc1cc(C(=O)c2ccccc2F)c(Cl)c(Cl)c1O. The average Bonchev–Trinajstić information content (AvgIpc) is 2.48. The zero-order valence-corrected chi connectivity index (χ0v) is 12.5. The van der Waals surface area contributed by atoms with Crippen molar-refractivity contribution in [2.24, 2.45) is 0 Å². The summed E-state index contributed by atoms with van der Waals surface area (Å²) in [7, 11) is 0. The van der Waals surface area contributed by atoms with Crippen molar-refractivity contribution < 1.29 is 14.3 Å². The molecule has 0 amide bonds. The van der Waals surface area contributed by atoms with Gasteiger partial charge < -0.3 is 5.11 Å². The zero-order chi connectivity index (χ0) is 15.6. The van der Waals surface area contributed by atoms with Crippen LogP contribution in [0, 0.1) is 5.82 Å². The van der Waals surface area contributed by atoms with Gasteiger partial charge in [-0.15, -0.1) is 0 Å².